The lowest BCUT2D eigenvalue weighted by Crippen LogP contribution is -2.64. The van der Waals surface area contributed by atoms with E-state index in [0.717, 1.165) is 6.20 Å². The van der Waals surface area contributed by atoms with Crippen LogP contribution in [0.25, 0.3) is 0 Å². The highest BCUT2D eigenvalue weighted by atomic mass is 35.5. The minimum atomic E-state index is -1.26. The molecule has 1 aromatic heterocycles. The number of nitrogens with zero attached hydrogens (tertiary/aromatic N) is 3. The van der Waals surface area contributed by atoms with Crippen molar-refractivity contribution in [2.24, 2.45) is 17.6 Å². The Hall–Kier alpha value is -3.98. The van der Waals surface area contributed by atoms with Crippen molar-refractivity contribution in [3.63, 3.8) is 0 Å². The molecule has 12 nitrogen and oxygen atoms in total. The maximum atomic E-state index is 14.0. The molecule has 6 N–H and O–H groups in total. The number of rotatable bonds is 11. The largest absolute Gasteiger partial charge is 0.478 e. The predicted octanol–water partition coefficient (Wildman–Crippen LogP) is 3.14. The van der Waals surface area contributed by atoms with Gasteiger partial charge in [-0.15, -0.1) is 0 Å². The number of carbonyl (C=O) groups excluding carboxylic acids is 2. The zero-order valence-corrected chi connectivity index (χ0v) is 26.0. The van der Waals surface area contributed by atoms with E-state index in [4.69, 9.17) is 27.5 Å². The second-order valence-corrected chi connectivity index (χ2v) is 11.8. The van der Waals surface area contributed by atoms with Crippen LogP contribution in [0.15, 0.2) is 48.7 Å². The van der Waals surface area contributed by atoms with Gasteiger partial charge in [-0.1, -0.05) is 37.6 Å². The number of amides is 2. The number of aromatic nitrogens is 1. The number of aliphatic hydroxyl groups excluding tert-OH is 1. The lowest BCUT2D eigenvalue weighted by molar-refractivity contribution is -0.134. The highest BCUT2D eigenvalue weighted by molar-refractivity contribution is 6.33. The fourth-order valence-electron chi connectivity index (χ4n) is 4.59. The van der Waals surface area contributed by atoms with Crippen LogP contribution in [0.1, 0.15) is 34.1 Å². The molecule has 1 saturated heterocycles. The Bertz CT molecular complexity index is 1390. The molecule has 45 heavy (non-hydrogen) atoms. The third-order valence-corrected chi connectivity index (χ3v) is 7.47. The second-order valence-electron chi connectivity index (χ2n) is 11.4. The molecular weight excluding hydrogens is 616 g/mol. The van der Waals surface area contributed by atoms with Gasteiger partial charge in [0.2, 0.25) is 11.8 Å². The minimum absolute atomic E-state index is 0.0153. The quantitative estimate of drug-likeness (QED) is 0.226. The maximum Gasteiger partial charge on any atom is 0.328 e. The summed E-state index contributed by atoms with van der Waals surface area (Å²) < 4.78 is 27.1. The summed E-state index contributed by atoms with van der Waals surface area (Å²) in [6, 6.07) is 7.03. The Kier molecular flexibility index (Phi) is 13.5. The van der Waals surface area contributed by atoms with E-state index in [-0.39, 0.29) is 37.2 Å². The van der Waals surface area contributed by atoms with Crippen molar-refractivity contribution in [1.82, 2.24) is 9.88 Å². The van der Waals surface area contributed by atoms with Gasteiger partial charge >= 0.3 is 11.9 Å². The zero-order chi connectivity index (χ0) is 34.1. The average molecular weight is 654 g/mol. The van der Waals surface area contributed by atoms with E-state index in [1.807, 2.05) is 24.8 Å². The monoisotopic (exact) mass is 653 g/mol. The third-order valence-electron chi connectivity index (χ3n) is 7.15. The summed E-state index contributed by atoms with van der Waals surface area (Å²) in [6.45, 7) is 8.25. The number of aliphatic carboxylic acids is 2. The molecule has 3 atom stereocenters. The zero-order valence-electron chi connectivity index (χ0n) is 25.3. The molecule has 2 heterocycles. The molecule has 0 bridgehead atoms. The normalized spacial score (nSPS) is 16.9. The van der Waals surface area contributed by atoms with Gasteiger partial charge < -0.3 is 31.3 Å². The van der Waals surface area contributed by atoms with Gasteiger partial charge in [-0.2, -0.15) is 0 Å². The number of anilines is 2. The van der Waals surface area contributed by atoms with Crippen LogP contribution in [0.5, 0.6) is 0 Å². The van der Waals surface area contributed by atoms with Crippen LogP contribution in [0, 0.1) is 23.5 Å². The number of hydrogen-bond acceptors (Lipinski definition) is 8. The third kappa shape index (κ3) is 11.2. The van der Waals surface area contributed by atoms with Crippen molar-refractivity contribution < 1.29 is 43.3 Å². The van der Waals surface area contributed by atoms with Gasteiger partial charge in [-0.3, -0.25) is 14.5 Å². The highest BCUT2D eigenvalue weighted by Crippen LogP contribution is 2.31. The number of benzene rings is 1. The van der Waals surface area contributed by atoms with E-state index in [1.54, 1.807) is 36.9 Å². The number of piperazine rings is 1. The van der Waals surface area contributed by atoms with E-state index in [0.29, 0.717) is 35.5 Å². The smallest absolute Gasteiger partial charge is 0.328 e. The first-order valence-corrected chi connectivity index (χ1v) is 14.3. The summed E-state index contributed by atoms with van der Waals surface area (Å²) >= 11 is 6.31. The summed E-state index contributed by atoms with van der Waals surface area (Å²) in [5, 5.41) is 29.4. The lowest BCUT2D eigenvalue weighted by atomic mass is 9.87. The highest BCUT2D eigenvalue weighted by Gasteiger charge is 2.40. The molecule has 15 heteroatoms. The van der Waals surface area contributed by atoms with Crippen molar-refractivity contribution in [3.05, 3.63) is 65.3 Å². The van der Waals surface area contributed by atoms with Gasteiger partial charge in [0.05, 0.1) is 29.6 Å². The number of nitrogens with one attached hydrogen (secondary N) is 1. The number of pyridine rings is 1. The van der Waals surface area contributed by atoms with E-state index in [2.05, 4.69) is 10.3 Å². The molecule has 0 spiro atoms. The van der Waals surface area contributed by atoms with Crippen LogP contribution in [-0.4, -0.2) is 86.3 Å². The number of carboxylic acids is 2. The molecule has 0 aliphatic carbocycles. The number of halogens is 3. The number of hydrogen-bond donors (Lipinski definition) is 5. The maximum absolute atomic E-state index is 14.0. The number of aliphatic hydroxyl groups is 1. The predicted molar refractivity (Wildman–Crippen MR) is 164 cm³/mol. The molecule has 1 aliphatic rings. The van der Waals surface area contributed by atoms with Crippen molar-refractivity contribution in [1.29, 1.82) is 0 Å². The summed E-state index contributed by atoms with van der Waals surface area (Å²) in [4.78, 5) is 52.1. The number of nitrogens with two attached hydrogens (primary N) is 1. The van der Waals surface area contributed by atoms with Gasteiger partial charge in [-0.05, 0) is 38.3 Å². The molecule has 1 aromatic carbocycles. The molecule has 246 valence electrons. The molecular formula is C30H38ClF2N5O7. The topological polar surface area (TPSA) is 186 Å². The first-order valence-electron chi connectivity index (χ1n) is 13.9. The van der Waals surface area contributed by atoms with Gasteiger partial charge in [-0.25, -0.2) is 23.4 Å². The molecule has 3 rings (SSSR count). The van der Waals surface area contributed by atoms with Crippen LogP contribution in [0.3, 0.4) is 0 Å². The Labute approximate surface area is 264 Å². The Morgan fingerprint density at radius 3 is 2.29 bits per heavy atom. The number of para-hydroxylation sites is 1. The standard InChI is InChI=1S/C26H34ClF2N5O3.C4H4O4/c1-15(2)17(25(37)32-24-19(29)9-16(28)11-31-24)10-22(35)20(30)12-33-13-23(36)34(14-26(33,3)4)21-8-6-5-7-18(21)27;5-3(6)1-2-4(7)8/h5-9,11,15,17,20,22,35H,10,12-14,30H2,1-4H3,(H,31,32,37);1-2H,(H,5,6)(H,7,8)/b;2-1+/t17-,20-,22-;/m0./s1. The van der Waals surface area contributed by atoms with Gasteiger partial charge in [0, 0.05) is 48.8 Å². The average Bonchev–Trinajstić information content (AvgIpc) is 2.94. The van der Waals surface area contributed by atoms with Crippen LogP contribution in [-0.2, 0) is 19.2 Å². The molecule has 2 amide bonds. The SMILES string of the molecule is CC(C)[C@H](C[C@H](O)[C@@H](N)CN1CC(=O)N(c2ccccc2Cl)CC1(C)C)C(=O)Nc1ncc(F)cc1F.O=C(O)/C=C/C(=O)O. The second kappa shape index (κ2) is 16.4. The first-order chi connectivity index (χ1) is 20.9. The van der Waals surface area contributed by atoms with Crippen LogP contribution in [0.2, 0.25) is 5.02 Å². The van der Waals surface area contributed by atoms with Crippen molar-refractivity contribution >= 4 is 46.9 Å². The summed E-state index contributed by atoms with van der Waals surface area (Å²) in [5.74, 6) is -6.35. The summed E-state index contributed by atoms with van der Waals surface area (Å²) in [6.07, 6.45) is 0.866. The van der Waals surface area contributed by atoms with E-state index in [9.17, 15) is 33.1 Å². The molecule has 0 saturated carbocycles. The fourth-order valence-corrected chi connectivity index (χ4v) is 4.83. The summed E-state index contributed by atoms with van der Waals surface area (Å²) in [5.41, 5.74) is 6.52. The minimum Gasteiger partial charge on any atom is -0.478 e. The van der Waals surface area contributed by atoms with Crippen molar-refractivity contribution in [2.75, 3.05) is 29.9 Å². The summed E-state index contributed by atoms with van der Waals surface area (Å²) in [7, 11) is 0. The molecule has 1 aliphatic heterocycles. The molecule has 2 aromatic rings. The van der Waals surface area contributed by atoms with Gasteiger partial charge in [0.15, 0.2) is 11.6 Å². The van der Waals surface area contributed by atoms with Crippen molar-refractivity contribution in [2.45, 2.75) is 51.8 Å². The molecule has 1 fully saturated rings. The van der Waals surface area contributed by atoms with Crippen LogP contribution in [0.4, 0.5) is 20.3 Å². The molecule has 0 radical (unpaired) electrons. The first kappa shape index (κ1) is 37.2. The number of carbonyl (C=O) groups is 4. The van der Waals surface area contributed by atoms with Crippen LogP contribution >= 0.6 is 11.6 Å². The number of carboxylic acid groups (broad SMARTS) is 2. The Morgan fingerprint density at radius 1 is 1.16 bits per heavy atom. The van der Waals surface area contributed by atoms with Crippen LogP contribution < -0.4 is 16.0 Å². The van der Waals surface area contributed by atoms with E-state index < -0.39 is 53.1 Å². The molecule has 0 unspecified atom stereocenters. The van der Waals surface area contributed by atoms with E-state index in [1.165, 1.54) is 0 Å². The van der Waals surface area contributed by atoms with Gasteiger partial charge in [0.25, 0.3) is 0 Å². The fraction of sp³-hybridized carbons (Fsp3) is 0.433. The Balaban J connectivity index is 0.000000777. The lowest BCUT2D eigenvalue weighted by Gasteiger charge is -2.47. The van der Waals surface area contributed by atoms with Gasteiger partial charge in [0.1, 0.15) is 5.82 Å². The van der Waals surface area contributed by atoms with Crippen molar-refractivity contribution in [3.8, 4) is 0 Å². The Morgan fingerprint density at radius 2 is 1.76 bits per heavy atom. The van der Waals surface area contributed by atoms with E-state index >= 15 is 0 Å².